The largest absolute Gasteiger partial charge is 0.489 e. The molecule has 0 spiro atoms. The van der Waals surface area contributed by atoms with Crippen molar-refractivity contribution in [3.8, 4) is 5.75 Å². The fourth-order valence-corrected chi connectivity index (χ4v) is 3.15. The maximum atomic E-state index is 6.16. The Morgan fingerprint density at radius 2 is 1.85 bits per heavy atom. The second kappa shape index (κ2) is 9.04. The first kappa shape index (κ1) is 18.7. The summed E-state index contributed by atoms with van der Waals surface area (Å²) in [6, 6.07) is 20.4. The molecule has 3 nitrogen and oxygen atoms in total. The maximum absolute atomic E-state index is 6.16. The fourth-order valence-electron chi connectivity index (χ4n) is 2.94. The average molecular weight is 369 g/mol. The fraction of sp³-hybridized carbons (Fsp3) is 0.273. The molecule has 4 heteroatoms. The van der Waals surface area contributed by atoms with E-state index in [-0.39, 0.29) is 0 Å². The van der Waals surface area contributed by atoms with Gasteiger partial charge in [0, 0.05) is 30.2 Å². The molecule has 26 heavy (non-hydrogen) atoms. The Hall–Kier alpha value is -2.07. The third-order valence-electron chi connectivity index (χ3n) is 4.32. The first-order valence-electron chi connectivity index (χ1n) is 8.87. The van der Waals surface area contributed by atoms with Crippen LogP contribution in [0.2, 0.25) is 5.02 Å². The van der Waals surface area contributed by atoms with Gasteiger partial charge in [-0.05, 0) is 48.6 Å². The number of benzene rings is 3. The Morgan fingerprint density at radius 1 is 1.00 bits per heavy atom. The van der Waals surface area contributed by atoms with Crippen molar-refractivity contribution in [3.05, 3.63) is 76.8 Å². The molecule has 1 N–H and O–H groups in total. The van der Waals surface area contributed by atoms with Gasteiger partial charge in [0.25, 0.3) is 0 Å². The molecule has 0 aliphatic rings. The maximum Gasteiger partial charge on any atom is 0.124 e. The van der Waals surface area contributed by atoms with Crippen LogP contribution in [0.15, 0.2) is 60.7 Å². The van der Waals surface area contributed by atoms with E-state index in [9.17, 15) is 0 Å². The van der Waals surface area contributed by atoms with Crippen LogP contribution in [-0.2, 0) is 13.2 Å². The van der Waals surface area contributed by atoms with Gasteiger partial charge in [0.1, 0.15) is 12.4 Å². The second-order valence-corrected chi connectivity index (χ2v) is 7.10. The van der Waals surface area contributed by atoms with Gasteiger partial charge in [0.2, 0.25) is 0 Å². The highest BCUT2D eigenvalue weighted by molar-refractivity contribution is 6.30. The minimum Gasteiger partial charge on any atom is -0.489 e. The molecule has 0 atom stereocenters. The van der Waals surface area contributed by atoms with Gasteiger partial charge in [-0.2, -0.15) is 0 Å². The third-order valence-corrected chi connectivity index (χ3v) is 4.55. The molecular weight excluding hydrogens is 344 g/mol. The number of ether oxygens (including phenoxy) is 1. The standard InChI is InChI=1S/C22H25ClN2O/c1-25(2)13-12-24-15-21-20-9-4-3-7-18(20)10-11-22(21)26-16-17-6-5-8-19(23)14-17/h3-11,14,24H,12-13,15-16H2,1-2H3. The molecular formula is C22H25ClN2O. The predicted octanol–water partition coefficient (Wildman–Crippen LogP) is 4.72. The minimum absolute atomic E-state index is 0.504. The van der Waals surface area contributed by atoms with Crippen molar-refractivity contribution >= 4 is 22.4 Å². The molecule has 0 fully saturated rings. The molecule has 3 rings (SSSR count). The quantitative estimate of drug-likeness (QED) is 0.582. The van der Waals surface area contributed by atoms with Crippen LogP contribution < -0.4 is 10.1 Å². The molecule has 0 amide bonds. The number of rotatable bonds is 8. The summed E-state index contributed by atoms with van der Waals surface area (Å²) in [5, 5.41) is 6.72. The van der Waals surface area contributed by atoms with Crippen LogP contribution >= 0.6 is 11.6 Å². The van der Waals surface area contributed by atoms with Crippen molar-refractivity contribution in [2.24, 2.45) is 0 Å². The molecule has 0 heterocycles. The molecule has 0 aromatic heterocycles. The Balaban J connectivity index is 1.80. The van der Waals surface area contributed by atoms with Gasteiger partial charge in [-0.1, -0.05) is 54.1 Å². The first-order chi connectivity index (χ1) is 12.6. The topological polar surface area (TPSA) is 24.5 Å². The lowest BCUT2D eigenvalue weighted by Gasteiger charge is -2.16. The Bertz CT molecular complexity index is 864. The van der Waals surface area contributed by atoms with Crippen molar-refractivity contribution in [2.75, 3.05) is 27.2 Å². The molecule has 0 aliphatic heterocycles. The number of likely N-dealkylation sites (N-methyl/N-ethyl adjacent to an activating group) is 1. The summed E-state index contributed by atoms with van der Waals surface area (Å²) in [5.41, 5.74) is 2.26. The number of hydrogen-bond acceptors (Lipinski definition) is 3. The smallest absolute Gasteiger partial charge is 0.124 e. The summed E-state index contributed by atoms with van der Waals surface area (Å²) in [5.74, 6) is 0.918. The normalized spacial score (nSPS) is 11.2. The van der Waals surface area contributed by atoms with E-state index in [1.165, 1.54) is 16.3 Å². The number of hydrogen-bond donors (Lipinski definition) is 1. The highest BCUT2D eigenvalue weighted by Crippen LogP contribution is 2.29. The molecule has 0 bridgehead atoms. The van der Waals surface area contributed by atoms with Crippen molar-refractivity contribution in [1.82, 2.24) is 10.2 Å². The molecule has 0 unspecified atom stereocenters. The monoisotopic (exact) mass is 368 g/mol. The third kappa shape index (κ3) is 4.98. The summed E-state index contributed by atoms with van der Waals surface area (Å²) < 4.78 is 6.16. The minimum atomic E-state index is 0.504. The number of nitrogens with zero attached hydrogens (tertiary/aromatic N) is 1. The van der Waals surface area contributed by atoms with E-state index < -0.39 is 0 Å². The summed E-state index contributed by atoms with van der Waals surface area (Å²) in [7, 11) is 4.16. The lowest BCUT2D eigenvalue weighted by molar-refractivity contribution is 0.302. The van der Waals surface area contributed by atoms with E-state index in [0.717, 1.165) is 36.0 Å². The summed E-state index contributed by atoms with van der Waals surface area (Å²) >= 11 is 6.08. The molecule has 0 radical (unpaired) electrons. The van der Waals surface area contributed by atoms with Crippen LogP contribution in [0.1, 0.15) is 11.1 Å². The molecule has 0 saturated heterocycles. The summed E-state index contributed by atoms with van der Waals surface area (Å²) in [4.78, 5) is 2.17. The van der Waals surface area contributed by atoms with E-state index in [1.807, 2.05) is 24.3 Å². The molecule has 136 valence electrons. The lowest BCUT2D eigenvalue weighted by Crippen LogP contribution is -2.26. The van der Waals surface area contributed by atoms with E-state index in [0.29, 0.717) is 6.61 Å². The van der Waals surface area contributed by atoms with Crippen molar-refractivity contribution in [2.45, 2.75) is 13.2 Å². The van der Waals surface area contributed by atoms with Crippen LogP contribution in [-0.4, -0.2) is 32.1 Å². The average Bonchev–Trinajstić information content (AvgIpc) is 2.64. The van der Waals surface area contributed by atoms with Crippen molar-refractivity contribution in [1.29, 1.82) is 0 Å². The SMILES string of the molecule is CN(C)CCNCc1c(OCc2cccc(Cl)c2)ccc2ccccc12. The Morgan fingerprint density at radius 3 is 2.65 bits per heavy atom. The zero-order valence-electron chi connectivity index (χ0n) is 15.3. The second-order valence-electron chi connectivity index (χ2n) is 6.66. The zero-order chi connectivity index (χ0) is 18.4. The molecule has 3 aromatic carbocycles. The molecule has 0 aliphatic carbocycles. The van der Waals surface area contributed by atoms with E-state index in [2.05, 4.69) is 60.7 Å². The Labute approximate surface area is 160 Å². The van der Waals surface area contributed by atoms with Gasteiger partial charge >= 0.3 is 0 Å². The van der Waals surface area contributed by atoms with Gasteiger partial charge in [-0.25, -0.2) is 0 Å². The van der Waals surface area contributed by atoms with E-state index in [1.54, 1.807) is 0 Å². The van der Waals surface area contributed by atoms with Crippen LogP contribution in [0.5, 0.6) is 5.75 Å². The predicted molar refractivity (Wildman–Crippen MR) is 110 cm³/mol. The van der Waals surface area contributed by atoms with Crippen LogP contribution in [0.4, 0.5) is 0 Å². The van der Waals surface area contributed by atoms with Gasteiger partial charge in [-0.3, -0.25) is 0 Å². The zero-order valence-corrected chi connectivity index (χ0v) is 16.1. The summed E-state index contributed by atoms with van der Waals surface area (Å²) in [6.45, 7) is 3.22. The lowest BCUT2D eigenvalue weighted by atomic mass is 10.0. The van der Waals surface area contributed by atoms with Gasteiger partial charge in [0.15, 0.2) is 0 Å². The highest BCUT2D eigenvalue weighted by Gasteiger charge is 2.09. The van der Waals surface area contributed by atoms with Crippen molar-refractivity contribution < 1.29 is 4.74 Å². The van der Waals surface area contributed by atoms with Gasteiger partial charge < -0.3 is 15.0 Å². The van der Waals surface area contributed by atoms with Crippen LogP contribution in [0, 0.1) is 0 Å². The number of nitrogens with one attached hydrogen (secondary N) is 1. The van der Waals surface area contributed by atoms with Crippen LogP contribution in [0.25, 0.3) is 10.8 Å². The number of halogens is 1. The van der Waals surface area contributed by atoms with E-state index >= 15 is 0 Å². The van der Waals surface area contributed by atoms with Gasteiger partial charge in [0.05, 0.1) is 0 Å². The number of fused-ring (bicyclic) bond motifs is 1. The van der Waals surface area contributed by atoms with Gasteiger partial charge in [-0.15, -0.1) is 0 Å². The highest BCUT2D eigenvalue weighted by atomic mass is 35.5. The van der Waals surface area contributed by atoms with Crippen LogP contribution in [0.3, 0.4) is 0 Å². The Kier molecular flexibility index (Phi) is 6.51. The first-order valence-corrected chi connectivity index (χ1v) is 9.24. The van der Waals surface area contributed by atoms with E-state index in [4.69, 9.17) is 16.3 Å². The molecule has 0 saturated carbocycles. The summed E-state index contributed by atoms with van der Waals surface area (Å²) in [6.07, 6.45) is 0. The molecule has 3 aromatic rings. The van der Waals surface area contributed by atoms with Crippen molar-refractivity contribution in [3.63, 3.8) is 0 Å².